The molecule has 1 aromatic heterocycles. The van der Waals surface area contributed by atoms with E-state index in [2.05, 4.69) is 20.1 Å². The van der Waals surface area contributed by atoms with Crippen molar-refractivity contribution in [3.8, 4) is 0 Å². The van der Waals surface area contributed by atoms with E-state index >= 15 is 0 Å². The molecule has 0 saturated heterocycles. The van der Waals surface area contributed by atoms with Crippen molar-refractivity contribution in [3.05, 3.63) is 40.5 Å². The van der Waals surface area contributed by atoms with Gasteiger partial charge < -0.3 is 10.1 Å². The van der Waals surface area contributed by atoms with Gasteiger partial charge in [0.05, 0.1) is 18.3 Å². The number of nitrogens with one attached hydrogen (secondary N) is 1. The topological polar surface area (TPSA) is 47.0 Å². The first-order valence-electron chi connectivity index (χ1n) is 5.08. The molecule has 4 nitrogen and oxygen atoms in total. The monoisotopic (exact) mass is 269 g/mol. The summed E-state index contributed by atoms with van der Waals surface area (Å²) in [6.45, 7) is 1.29. The fourth-order valence-corrected chi connectivity index (χ4v) is 2.15. The molecule has 0 unspecified atom stereocenters. The molecular weight excluding hydrogens is 258 g/mol. The van der Waals surface area contributed by atoms with Crippen LogP contribution in [0.5, 0.6) is 0 Å². The molecule has 90 valence electrons. The van der Waals surface area contributed by atoms with Gasteiger partial charge in [-0.1, -0.05) is 35.9 Å². The number of hydrogen-bond acceptors (Lipinski definition) is 5. The van der Waals surface area contributed by atoms with Crippen molar-refractivity contribution in [2.45, 2.75) is 13.2 Å². The van der Waals surface area contributed by atoms with Gasteiger partial charge in [0.2, 0.25) is 0 Å². The SMILES string of the molecule is COCc1cccc(CNc2nsnc2Cl)c1. The Balaban J connectivity index is 1.99. The Labute approximate surface area is 109 Å². The van der Waals surface area contributed by atoms with Gasteiger partial charge in [0.1, 0.15) is 0 Å². The number of nitrogens with zero attached hydrogens (tertiary/aromatic N) is 2. The maximum absolute atomic E-state index is 5.84. The second-order valence-electron chi connectivity index (χ2n) is 3.51. The molecule has 2 aromatic rings. The van der Waals surface area contributed by atoms with Crippen LogP contribution in [0.4, 0.5) is 5.82 Å². The largest absolute Gasteiger partial charge is 0.380 e. The van der Waals surface area contributed by atoms with Gasteiger partial charge in [-0.3, -0.25) is 0 Å². The standard InChI is InChI=1S/C11H12ClN3OS/c1-16-7-9-4-2-3-8(5-9)6-13-11-10(12)14-17-15-11/h2-5H,6-7H2,1H3,(H,13,15). The van der Waals surface area contributed by atoms with Gasteiger partial charge in [-0.15, -0.1) is 0 Å². The first-order valence-corrected chi connectivity index (χ1v) is 6.19. The van der Waals surface area contributed by atoms with Gasteiger partial charge in [-0.05, 0) is 11.1 Å². The fraction of sp³-hybridized carbons (Fsp3) is 0.273. The second kappa shape index (κ2) is 5.95. The normalized spacial score (nSPS) is 10.5. The summed E-state index contributed by atoms with van der Waals surface area (Å²) in [5.74, 6) is 0.633. The Morgan fingerprint density at radius 2 is 2.18 bits per heavy atom. The number of ether oxygens (including phenoxy) is 1. The zero-order chi connectivity index (χ0) is 12.1. The highest BCUT2D eigenvalue weighted by Gasteiger charge is 2.04. The zero-order valence-electron chi connectivity index (χ0n) is 9.31. The first kappa shape index (κ1) is 12.3. The van der Waals surface area contributed by atoms with Gasteiger partial charge in [-0.2, -0.15) is 8.75 Å². The van der Waals surface area contributed by atoms with E-state index in [1.807, 2.05) is 18.2 Å². The van der Waals surface area contributed by atoms with Crippen LogP contribution in [0.3, 0.4) is 0 Å². The summed E-state index contributed by atoms with van der Waals surface area (Å²) in [6.07, 6.45) is 0. The van der Waals surface area contributed by atoms with Gasteiger partial charge >= 0.3 is 0 Å². The van der Waals surface area contributed by atoms with Crippen molar-refractivity contribution in [1.29, 1.82) is 0 Å². The van der Waals surface area contributed by atoms with Crippen LogP contribution in [0.15, 0.2) is 24.3 Å². The molecule has 1 N–H and O–H groups in total. The number of methoxy groups -OCH3 is 1. The molecule has 0 aliphatic rings. The highest BCUT2D eigenvalue weighted by atomic mass is 35.5. The van der Waals surface area contributed by atoms with E-state index in [4.69, 9.17) is 16.3 Å². The second-order valence-corrected chi connectivity index (χ2v) is 4.40. The minimum absolute atomic E-state index is 0.419. The van der Waals surface area contributed by atoms with Gasteiger partial charge in [0.15, 0.2) is 11.0 Å². The molecule has 0 saturated carbocycles. The van der Waals surface area contributed by atoms with Crippen LogP contribution in [0.25, 0.3) is 0 Å². The Hall–Kier alpha value is -1.17. The van der Waals surface area contributed by atoms with Crippen LogP contribution in [-0.4, -0.2) is 15.9 Å². The number of benzene rings is 1. The summed E-state index contributed by atoms with van der Waals surface area (Å²) in [5.41, 5.74) is 2.30. The van der Waals surface area contributed by atoms with Crippen molar-refractivity contribution in [2.24, 2.45) is 0 Å². The maximum atomic E-state index is 5.84. The molecule has 1 heterocycles. The van der Waals surface area contributed by atoms with Gasteiger partial charge in [0.25, 0.3) is 0 Å². The van der Waals surface area contributed by atoms with Crippen molar-refractivity contribution < 1.29 is 4.74 Å². The molecule has 0 bridgehead atoms. The molecule has 0 aliphatic carbocycles. The van der Waals surface area contributed by atoms with Crippen molar-refractivity contribution in [2.75, 3.05) is 12.4 Å². The van der Waals surface area contributed by atoms with Gasteiger partial charge in [-0.25, -0.2) is 0 Å². The molecule has 0 amide bonds. The average Bonchev–Trinajstić information content (AvgIpc) is 2.73. The predicted octanol–water partition coefficient (Wildman–Crippen LogP) is 2.95. The molecule has 0 spiro atoms. The number of aromatic nitrogens is 2. The average molecular weight is 270 g/mol. The first-order chi connectivity index (χ1) is 8.29. The Morgan fingerprint density at radius 1 is 1.35 bits per heavy atom. The third-order valence-electron chi connectivity index (χ3n) is 2.21. The lowest BCUT2D eigenvalue weighted by atomic mass is 10.1. The van der Waals surface area contributed by atoms with E-state index in [1.54, 1.807) is 7.11 Å². The summed E-state index contributed by atoms with van der Waals surface area (Å²) in [5, 5.41) is 3.56. The zero-order valence-corrected chi connectivity index (χ0v) is 10.9. The van der Waals surface area contributed by atoms with Crippen LogP contribution in [0.1, 0.15) is 11.1 Å². The van der Waals surface area contributed by atoms with E-state index in [-0.39, 0.29) is 0 Å². The van der Waals surface area contributed by atoms with E-state index in [0.29, 0.717) is 24.1 Å². The lowest BCUT2D eigenvalue weighted by molar-refractivity contribution is 0.185. The third kappa shape index (κ3) is 3.39. The smallest absolute Gasteiger partial charge is 0.186 e. The molecule has 0 radical (unpaired) electrons. The van der Waals surface area contributed by atoms with Crippen LogP contribution < -0.4 is 5.32 Å². The number of halogens is 1. The Morgan fingerprint density at radius 3 is 2.88 bits per heavy atom. The summed E-state index contributed by atoms with van der Waals surface area (Å²) < 4.78 is 13.0. The summed E-state index contributed by atoms with van der Waals surface area (Å²) in [7, 11) is 1.69. The van der Waals surface area contributed by atoms with Crippen LogP contribution >= 0.6 is 23.3 Å². The van der Waals surface area contributed by atoms with E-state index in [1.165, 1.54) is 0 Å². The lowest BCUT2D eigenvalue weighted by Gasteiger charge is -2.05. The molecule has 0 atom stereocenters. The fourth-order valence-electron chi connectivity index (χ4n) is 1.47. The summed E-state index contributed by atoms with van der Waals surface area (Å²) in [6, 6.07) is 8.17. The van der Waals surface area contributed by atoms with Crippen molar-refractivity contribution in [3.63, 3.8) is 0 Å². The quantitative estimate of drug-likeness (QED) is 0.907. The number of rotatable bonds is 5. The molecule has 0 fully saturated rings. The minimum atomic E-state index is 0.419. The van der Waals surface area contributed by atoms with Crippen LogP contribution in [0, 0.1) is 0 Å². The number of hydrogen-bond donors (Lipinski definition) is 1. The van der Waals surface area contributed by atoms with Gasteiger partial charge in [0, 0.05) is 13.7 Å². The highest BCUT2D eigenvalue weighted by molar-refractivity contribution is 6.99. The lowest BCUT2D eigenvalue weighted by Crippen LogP contribution is -2.00. The highest BCUT2D eigenvalue weighted by Crippen LogP contribution is 2.18. The van der Waals surface area contributed by atoms with Crippen molar-refractivity contribution in [1.82, 2.24) is 8.75 Å². The number of anilines is 1. The van der Waals surface area contributed by atoms with E-state index < -0.39 is 0 Å². The molecule has 1 aromatic carbocycles. The van der Waals surface area contributed by atoms with Crippen molar-refractivity contribution >= 4 is 29.1 Å². The third-order valence-corrected chi connectivity index (χ3v) is 3.10. The molecule has 17 heavy (non-hydrogen) atoms. The van der Waals surface area contributed by atoms with E-state index in [0.717, 1.165) is 22.9 Å². The summed E-state index contributed by atoms with van der Waals surface area (Å²) in [4.78, 5) is 0. The Bertz CT molecular complexity index is 489. The molecule has 6 heteroatoms. The minimum Gasteiger partial charge on any atom is -0.380 e. The molecule has 0 aliphatic heterocycles. The molecule has 2 rings (SSSR count). The van der Waals surface area contributed by atoms with Crippen LogP contribution in [0.2, 0.25) is 5.15 Å². The maximum Gasteiger partial charge on any atom is 0.186 e. The van der Waals surface area contributed by atoms with Crippen LogP contribution in [-0.2, 0) is 17.9 Å². The Kier molecular flexibility index (Phi) is 4.30. The van der Waals surface area contributed by atoms with E-state index in [9.17, 15) is 0 Å². The summed E-state index contributed by atoms with van der Waals surface area (Å²) >= 11 is 6.94. The predicted molar refractivity (Wildman–Crippen MR) is 69.4 cm³/mol. The molecular formula is C11H12ClN3OS.